The Bertz CT molecular complexity index is 654. The van der Waals surface area contributed by atoms with Gasteiger partial charge in [0.15, 0.2) is 6.10 Å². The van der Waals surface area contributed by atoms with Crippen molar-refractivity contribution in [3.63, 3.8) is 0 Å². The Morgan fingerprint density at radius 3 is 2.90 bits per heavy atom. The van der Waals surface area contributed by atoms with Crippen molar-refractivity contribution in [2.45, 2.75) is 25.0 Å². The second-order valence-corrected chi connectivity index (χ2v) is 4.69. The molecule has 2 heterocycles. The Morgan fingerprint density at radius 2 is 2.19 bits per heavy atom. The molecule has 0 radical (unpaired) electrons. The van der Waals surface area contributed by atoms with E-state index in [9.17, 15) is 4.79 Å². The van der Waals surface area contributed by atoms with Crippen LogP contribution in [0.25, 0.3) is 11.4 Å². The van der Waals surface area contributed by atoms with Gasteiger partial charge in [0.1, 0.15) is 11.9 Å². The number of hydrogen-bond donors (Lipinski definition) is 1. The third-order valence-corrected chi connectivity index (χ3v) is 3.36. The third kappa shape index (κ3) is 2.59. The number of nitrogens with zero attached hydrogens (tertiary/aromatic N) is 2. The number of benzene rings is 1. The molecular formula is C14H14N2O5. The van der Waals surface area contributed by atoms with Gasteiger partial charge in [-0.05, 0) is 25.0 Å². The van der Waals surface area contributed by atoms with E-state index in [1.165, 1.54) is 0 Å². The molecule has 2 atom stereocenters. The van der Waals surface area contributed by atoms with Crippen molar-refractivity contribution >= 4 is 5.97 Å². The summed E-state index contributed by atoms with van der Waals surface area (Å²) in [5, 5.41) is 12.8. The molecule has 0 saturated carbocycles. The number of rotatable bonds is 4. The number of para-hydroxylation sites is 1. The molecule has 2 unspecified atom stereocenters. The predicted octanol–water partition coefficient (Wildman–Crippen LogP) is 2.05. The Morgan fingerprint density at radius 1 is 1.38 bits per heavy atom. The number of aliphatic carboxylic acids is 1. The standard InChI is InChI=1S/C14H14N2O5/c1-19-9-5-3-2-4-8(9)12-15-13(21-16-12)10-6-7-11(20-10)14(17)18/h2-5,10-11H,6-7H2,1H3,(H,17,18). The molecule has 3 rings (SSSR count). The van der Waals surface area contributed by atoms with Crippen LogP contribution in [0.1, 0.15) is 24.8 Å². The number of methoxy groups -OCH3 is 1. The van der Waals surface area contributed by atoms with Gasteiger partial charge < -0.3 is 19.1 Å². The van der Waals surface area contributed by atoms with Crippen LogP contribution in [-0.2, 0) is 9.53 Å². The first-order valence-electron chi connectivity index (χ1n) is 6.54. The van der Waals surface area contributed by atoms with Gasteiger partial charge in [0.2, 0.25) is 5.82 Å². The Kier molecular flexibility index (Phi) is 3.57. The largest absolute Gasteiger partial charge is 0.496 e. The summed E-state index contributed by atoms with van der Waals surface area (Å²) < 4.78 is 15.8. The molecule has 7 heteroatoms. The molecule has 21 heavy (non-hydrogen) atoms. The SMILES string of the molecule is COc1ccccc1-c1noc(C2CCC(C(=O)O)O2)n1. The Labute approximate surface area is 120 Å². The summed E-state index contributed by atoms with van der Waals surface area (Å²) in [5.41, 5.74) is 0.711. The molecule has 1 N–H and O–H groups in total. The maximum absolute atomic E-state index is 10.9. The second-order valence-electron chi connectivity index (χ2n) is 4.69. The van der Waals surface area contributed by atoms with Crippen molar-refractivity contribution in [3.05, 3.63) is 30.2 Å². The highest BCUT2D eigenvalue weighted by molar-refractivity contribution is 5.72. The second kappa shape index (κ2) is 5.53. The van der Waals surface area contributed by atoms with Gasteiger partial charge in [0.05, 0.1) is 12.7 Å². The monoisotopic (exact) mass is 290 g/mol. The highest BCUT2D eigenvalue weighted by Gasteiger charge is 2.34. The average Bonchev–Trinajstić information content (AvgIpc) is 3.16. The lowest BCUT2D eigenvalue weighted by molar-refractivity contribution is -0.150. The van der Waals surface area contributed by atoms with E-state index in [1.54, 1.807) is 13.2 Å². The van der Waals surface area contributed by atoms with Gasteiger partial charge in [-0.25, -0.2) is 4.79 Å². The van der Waals surface area contributed by atoms with E-state index in [2.05, 4.69) is 10.1 Å². The van der Waals surface area contributed by atoms with E-state index < -0.39 is 18.2 Å². The van der Waals surface area contributed by atoms with Gasteiger partial charge in [-0.2, -0.15) is 4.98 Å². The lowest BCUT2D eigenvalue weighted by Crippen LogP contribution is -2.18. The fraction of sp³-hybridized carbons (Fsp3) is 0.357. The van der Waals surface area contributed by atoms with Gasteiger partial charge >= 0.3 is 5.97 Å². The summed E-state index contributed by atoms with van der Waals surface area (Å²) >= 11 is 0. The van der Waals surface area contributed by atoms with Crippen molar-refractivity contribution in [2.75, 3.05) is 7.11 Å². The molecule has 1 aliphatic heterocycles. The van der Waals surface area contributed by atoms with E-state index >= 15 is 0 Å². The zero-order valence-corrected chi connectivity index (χ0v) is 11.4. The van der Waals surface area contributed by atoms with Crippen molar-refractivity contribution in [3.8, 4) is 17.1 Å². The molecule has 0 amide bonds. The summed E-state index contributed by atoms with van der Waals surface area (Å²) in [6, 6.07) is 7.32. The van der Waals surface area contributed by atoms with E-state index in [0.29, 0.717) is 35.9 Å². The normalized spacial score (nSPS) is 21.4. The number of aromatic nitrogens is 2. The molecule has 1 aromatic heterocycles. The minimum atomic E-state index is -0.970. The lowest BCUT2D eigenvalue weighted by atomic mass is 10.2. The van der Waals surface area contributed by atoms with Crippen molar-refractivity contribution in [2.24, 2.45) is 0 Å². The smallest absolute Gasteiger partial charge is 0.332 e. The van der Waals surface area contributed by atoms with Crippen molar-refractivity contribution in [1.82, 2.24) is 10.1 Å². The van der Waals surface area contributed by atoms with Gasteiger partial charge in [-0.1, -0.05) is 17.3 Å². The van der Waals surface area contributed by atoms with Crippen LogP contribution >= 0.6 is 0 Å². The van der Waals surface area contributed by atoms with Gasteiger partial charge in [0.25, 0.3) is 5.89 Å². The Balaban J connectivity index is 1.82. The zero-order valence-electron chi connectivity index (χ0n) is 11.4. The van der Waals surface area contributed by atoms with Crippen LogP contribution in [0.15, 0.2) is 28.8 Å². The molecule has 1 aliphatic rings. The van der Waals surface area contributed by atoms with Crippen molar-refractivity contribution < 1.29 is 23.9 Å². The van der Waals surface area contributed by atoms with Crippen LogP contribution in [-0.4, -0.2) is 34.4 Å². The van der Waals surface area contributed by atoms with Gasteiger partial charge in [-0.15, -0.1) is 0 Å². The number of hydrogen-bond acceptors (Lipinski definition) is 6. The zero-order chi connectivity index (χ0) is 14.8. The van der Waals surface area contributed by atoms with E-state index in [-0.39, 0.29) is 0 Å². The van der Waals surface area contributed by atoms with E-state index in [4.69, 9.17) is 19.1 Å². The maximum Gasteiger partial charge on any atom is 0.332 e. The molecular weight excluding hydrogens is 276 g/mol. The third-order valence-electron chi connectivity index (χ3n) is 3.36. The highest BCUT2D eigenvalue weighted by atomic mass is 16.6. The molecule has 110 valence electrons. The molecule has 0 spiro atoms. The van der Waals surface area contributed by atoms with E-state index in [0.717, 1.165) is 0 Å². The first-order chi connectivity index (χ1) is 10.2. The first kappa shape index (κ1) is 13.6. The van der Waals surface area contributed by atoms with Crippen LogP contribution in [0.3, 0.4) is 0 Å². The van der Waals surface area contributed by atoms with Crippen LogP contribution in [0.4, 0.5) is 0 Å². The number of carbonyl (C=O) groups is 1. The molecule has 0 aliphatic carbocycles. The summed E-state index contributed by atoms with van der Waals surface area (Å²) in [6.07, 6.45) is -0.296. The average molecular weight is 290 g/mol. The van der Waals surface area contributed by atoms with Gasteiger partial charge in [-0.3, -0.25) is 0 Å². The molecule has 1 aromatic carbocycles. The maximum atomic E-state index is 10.9. The minimum absolute atomic E-state index is 0.291. The number of ether oxygens (including phenoxy) is 2. The lowest BCUT2D eigenvalue weighted by Gasteiger charge is -2.06. The number of carboxylic acid groups (broad SMARTS) is 1. The first-order valence-corrected chi connectivity index (χ1v) is 6.54. The molecule has 1 fully saturated rings. The molecule has 0 bridgehead atoms. The van der Waals surface area contributed by atoms with Crippen LogP contribution in [0.5, 0.6) is 5.75 Å². The van der Waals surface area contributed by atoms with Gasteiger partial charge in [0, 0.05) is 0 Å². The number of carboxylic acids is 1. The van der Waals surface area contributed by atoms with Crippen LogP contribution in [0.2, 0.25) is 0 Å². The van der Waals surface area contributed by atoms with Crippen LogP contribution < -0.4 is 4.74 Å². The fourth-order valence-electron chi connectivity index (χ4n) is 2.31. The summed E-state index contributed by atoms with van der Waals surface area (Å²) in [7, 11) is 1.57. The topological polar surface area (TPSA) is 94.7 Å². The molecule has 1 saturated heterocycles. The Hall–Kier alpha value is -2.41. The molecule has 7 nitrogen and oxygen atoms in total. The minimum Gasteiger partial charge on any atom is -0.496 e. The fourth-order valence-corrected chi connectivity index (χ4v) is 2.31. The van der Waals surface area contributed by atoms with E-state index in [1.807, 2.05) is 18.2 Å². The summed E-state index contributed by atoms with van der Waals surface area (Å²) in [5.74, 6) is 0.354. The van der Waals surface area contributed by atoms with Crippen molar-refractivity contribution in [1.29, 1.82) is 0 Å². The quantitative estimate of drug-likeness (QED) is 0.920. The summed E-state index contributed by atoms with van der Waals surface area (Å²) in [4.78, 5) is 15.2. The summed E-state index contributed by atoms with van der Waals surface area (Å²) in [6.45, 7) is 0. The molecule has 2 aromatic rings. The van der Waals surface area contributed by atoms with Crippen LogP contribution in [0, 0.1) is 0 Å². The highest BCUT2D eigenvalue weighted by Crippen LogP contribution is 2.34. The predicted molar refractivity (Wildman–Crippen MR) is 70.8 cm³/mol.